The molecule has 0 radical (unpaired) electrons. The molecule has 1 aromatic carbocycles. The van der Waals surface area contributed by atoms with Crippen LogP contribution in [0.3, 0.4) is 0 Å². The lowest BCUT2D eigenvalue weighted by molar-refractivity contribution is 0.0791. The van der Waals surface area contributed by atoms with E-state index in [4.69, 9.17) is 0 Å². The number of hydrogen-bond donors (Lipinski definition) is 0. The number of carbonyl (C=O) groups is 1. The molecule has 25 heavy (non-hydrogen) atoms. The minimum absolute atomic E-state index is 0.0456. The minimum Gasteiger partial charge on any atom is -0.342 e. The van der Waals surface area contributed by atoms with Gasteiger partial charge in [-0.05, 0) is 44.0 Å². The van der Waals surface area contributed by atoms with Crippen molar-refractivity contribution in [2.24, 2.45) is 0 Å². The molecular weight excluding hydrogens is 332 g/mol. The van der Waals surface area contributed by atoms with Gasteiger partial charge >= 0.3 is 0 Å². The maximum absolute atomic E-state index is 12.5. The Morgan fingerprint density at radius 1 is 1.24 bits per heavy atom. The second-order valence-electron chi connectivity index (χ2n) is 6.07. The molecule has 0 aliphatic heterocycles. The van der Waals surface area contributed by atoms with Crippen LogP contribution in [0.2, 0.25) is 0 Å². The van der Waals surface area contributed by atoms with Gasteiger partial charge in [0.2, 0.25) is 0 Å². The van der Waals surface area contributed by atoms with Crippen molar-refractivity contribution in [3.8, 4) is 10.4 Å². The van der Waals surface area contributed by atoms with Gasteiger partial charge in [0.1, 0.15) is 0 Å². The third-order valence-electron chi connectivity index (χ3n) is 4.08. The van der Waals surface area contributed by atoms with Gasteiger partial charge < -0.3 is 4.90 Å². The molecule has 3 rings (SSSR count). The number of aryl methyl sites for hydroxylation is 3. The largest absolute Gasteiger partial charge is 0.342 e. The predicted octanol–water partition coefficient (Wildman–Crippen LogP) is 3.79. The highest BCUT2D eigenvalue weighted by molar-refractivity contribution is 7.15. The molecule has 2 aromatic heterocycles. The van der Waals surface area contributed by atoms with Crippen molar-refractivity contribution in [1.29, 1.82) is 0 Å². The SMILES string of the molecule is Cc1nc(C)c(-c2ccc(C(=O)N(C)CCCn3cccn3)cc2)s1. The van der Waals surface area contributed by atoms with Crippen molar-refractivity contribution in [2.45, 2.75) is 26.8 Å². The number of amides is 1. The van der Waals surface area contributed by atoms with Crippen LogP contribution in [0.15, 0.2) is 42.7 Å². The summed E-state index contributed by atoms with van der Waals surface area (Å²) in [6, 6.07) is 9.71. The normalized spacial score (nSPS) is 10.8. The zero-order valence-corrected chi connectivity index (χ0v) is 15.6. The topological polar surface area (TPSA) is 51.0 Å². The first-order chi connectivity index (χ1) is 12.0. The van der Waals surface area contributed by atoms with Crippen molar-refractivity contribution in [3.05, 3.63) is 59.0 Å². The number of thiazole rings is 1. The smallest absolute Gasteiger partial charge is 0.253 e. The van der Waals surface area contributed by atoms with Gasteiger partial charge in [-0.3, -0.25) is 9.48 Å². The zero-order chi connectivity index (χ0) is 17.8. The predicted molar refractivity (Wildman–Crippen MR) is 101 cm³/mol. The molecular formula is C19H22N4OS. The fourth-order valence-electron chi connectivity index (χ4n) is 2.79. The van der Waals surface area contributed by atoms with Crippen LogP contribution in [0, 0.1) is 13.8 Å². The fourth-order valence-corrected chi connectivity index (χ4v) is 3.71. The van der Waals surface area contributed by atoms with Crippen molar-refractivity contribution in [1.82, 2.24) is 19.7 Å². The average Bonchev–Trinajstić information content (AvgIpc) is 3.23. The molecule has 0 saturated heterocycles. The Morgan fingerprint density at radius 2 is 2.00 bits per heavy atom. The third kappa shape index (κ3) is 4.14. The number of carbonyl (C=O) groups excluding carboxylic acids is 1. The highest BCUT2D eigenvalue weighted by Crippen LogP contribution is 2.29. The first-order valence-electron chi connectivity index (χ1n) is 8.32. The Hall–Kier alpha value is -2.47. The maximum Gasteiger partial charge on any atom is 0.253 e. The van der Waals surface area contributed by atoms with Crippen LogP contribution in [0.1, 0.15) is 27.5 Å². The Bertz CT molecular complexity index is 837. The minimum atomic E-state index is 0.0456. The molecule has 3 aromatic rings. The van der Waals surface area contributed by atoms with Crippen LogP contribution < -0.4 is 0 Å². The third-order valence-corrected chi connectivity index (χ3v) is 5.21. The van der Waals surface area contributed by atoms with Crippen molar-refractivity contribution in [3.63, 3.8) is 0 Å². The molecule has 6 heteroatoms. The highest BCUT2D eigenvalue weighted by Gasteiger charge is 2.13. The molecule has 1 amide bonds. The molecule has 0 spiro atoms. The standard InChI is InChI=1S/C19H22N4OS/c1-14-18(25-15(2)21-14)16-6-8-17(9-7-16)19(24)22(3)11-5-13-23-12-4-10-20-23/h4,6-10,12H,5,11,13H2,1-3H3. The summed E-state index contributed by atoms with van der Waals surface area (Å²) in [5.74, 6) is 0.0456. The summed E-state index contributed by atoms with van der Waals surface area (Å²) in [4.78, 5) is 19.9. The average molecular weight is 354 g/mol. The Balaban J connectivity index is 1.61. The van der Waals surface area contributed by atoms with Crippen LogP contribution in [0.5, 0.6) is 0 Å². The van der Waals surface area contributed by atoms with E-state index in [-0.39, 0.29) is 5.91 Å². The number of hydrogen-bond acceptors (Lipinski definition) is 4. The number of benzene rings is 1. The quantitative estimate of drug-likeness (QED) is 0.677. The summed E-state index contributed by atoms with van der Waals surface area (Å²) in [5, 5.41) is 5.23. The van der Waals surface area contributed by atoms with Crippen LogP contribution in [0.25, 0.3) is 10.4 Å². The summed E-state index contributed by atoms with van der Waals surface area (Å²) >= 11 is 1.68. The lowest BCUT2D eigenvalue weighted by atomic mass is 10.1. The zero-order valence-electron chi connectivity index (χ0n) is 14.8. The molecule has 0 atom stereocenters. The first kappa shape index (κ1) is 17.4. The van der Waals surface area contributed by atoms with Gasteiger partial charge in [-0.15, -0.1) is 11.3 Å². The molecule has 5 nitrogen and oxygen atoms in total. The van der Waals surface area contributed by atoms with Gasteiger partial charge in [-0.2, -0.15) is 5.10 Å². The van der Waals surface area contributed by atoms with Crippen molar-refractivity contribution >= 4 is 17.2 Å². The number of nitrogens with zero attached hydrogens (tertiary/aromatic N) is 4. The van der Waals surface area contributed by atoms with Crippen LogP contribution in [0.4, 0.5) is 0 Å². The summed E-state index contributed by atoms with van der Waals surface area (Å²) in [7, 11) is 1.84. The number of rotatable bonds is 6. The molecule has 0 saturated carbocycles. The molecule has 0 N–H and O–H groups in total. The molecule has 0 fully saturated rings. The summed E-state index contributed by atoms with van der Waals surface area (Å²) in [6.07, 6.45) is 4.58. The van der Waals surface area contributed by atoms with Gasteiger partial charge in [0.05, 0.1) is 15.6 Å². The van der Waals surface area contributed by atoms with Crippen LogP contribution in [-0.4, -0.2) is 39.2 Å². The Kier molecular flexibility index (Phi) is 5.28. The van der Waals surface area contributed by atoms with E-state index in [0.717, 1.165) is 29.2 Å². The van der Waals surface area contributed by atoms with E-state index in [2.05, 4.69) is 10.1 Å². The number of aromatic nitrogens is 3. The first-order valence-corrected chi connectivity index (χ1v) is 9.13. The van der Waals surface area contributed by atoms with Crippen molar-refractivity contribution < 1.29 is 4.79 Å². The maximum atomic E-state index is 12.5. The Labute approximate surface area is 151 Å². The van der Waals surface area contributed by atoms with E-state index >= 15 is 0 Å². The second-order valence-corrected chi connectivity index (χ2v) is 7.28. The van der Waals surface area contributed by atoms with Gasteiger partial charge in [-0.25, -0.2) is 4.98 Å². The molecule has 130 valence electrons. The van der Waals surface area contributed by atoms with E-state index in [9.17, 15) is 4.79 Å². The monoisotopic (exact) mass is 354 g/mol. The van der Waals surface area contributed by atoms with Gasteiger partial charge in [0, 0.05) is 38.1 Å². The van der Waals surface area contributed by atoms with Gasteiger partial charge in [-0.1, -0.05) is 12.1 Å². The van der Waals surface area contributed by atoms with Crippen LogP contribution in [-0.2, 0) is 6.54 Å². The van der Waals surface area contributed by atoms with Crippen molar-refractivity contribution in [2.75, 3.05) is 13.6 Å². The van der Waals surface area contributed by atoms with E-state index < -0.39 is 0 Å². The summed E-state index contributed by atoms with van der Waals surface area (Å²) in [5.41, 5.74) is 2.86. The second kappa shape index (κ2) is 7.61. The van der Waals surface area contributed by atoms with Crippen LogP contribution >= 0.6 is 11.3 Å². The van der Waals surface area contributed by atoms with Gasteiger partial charge in [0.25, 0.3) is 5.91 Å². The molecule has 0 unspecified atom stereocenters. The molecule has 0 aliphatic rings. The van der Waals surface area contributed by atoms with E-state index in [0.29, 0.717) is 12.1 Å². The molecule has 0 bridgehead atoms. The fraction of sp³-hybridized carbons (Fsp3) is 0.316. The van der Waals surface area contributed by atoms with E-state index in [1.165, 1.54) is 4.88 Å². The molecule has 0 aliphatic carbocycles. The van der Waals surface area contributed by atoms with Gasteiger partial charge in [0.15, 0.2) is 0 Å². The highest BCUT2D eigenvalue weighted by atomic mass is 32.1. The lowest BCUT2D eigenvalue weighted by Crippen LogP contribution is -2.28. The summed E-state index contributed by atoms with van der Waals surface area (Å²) < 4.78 is 1.88. The Morgan fingerprint density at radius 3 is 2.60 bits per heavy atom. The van der Waals surface area contributed by atoms with E-state index in [1.807, 2.05) is 62.1 Å². The summed E-state index contributed by atoms with van der Waals surface area (Å²) in [6.45, 7) is 5.55. The molecule has 2 heterocycles. The van der Waals surface area contributed by atoms with E-state index in [1.54, 1.807) is 22.4 Å². The lowest BCUT2D eigenvalue weighted by Gasteiger charge is -2.17.